The average Bonchev–Trinajstić information content (AvgIpc) is 2.44. The molecule has 0 amide bonds. The van der Waals surface area contributed by atoms with Crippen molar-refractivity contribution < 1.29 is 9.53 Å². The van der Waals surface area contributed by atoms with E-state index in [4.69, 9.17) is 4.74 Å². The monoisotopic (exact) mass is 278 g/mol. The van der Waals surface area contributed by atoms with E-state index in [0.717, 1.165) is 51.2 Å². The average molecular weight is 278 g/mol. The second-order valence-electron chi connectivity index (χ2n) is 5.63. The van der Waals surface area contributed by atoms with E-state index in [1.165, 1.54) is 5.57 Å². The second-order valence-corrected chi connectivity index (χ2v) is 5.63. The van der Waals surface area contributed by atoms with Crippen molar-refractivity contribution in [3.8, 4) is 0 Å². The molecule has 0 aromatic rings. The van der Waals surface area contributed by atoms with Crippen LogP contribution in [-0.2, 0) is 9.53 Å². The molecule has 0 spiro atoms. The molecule has 4 heteroatoms. The summed E-state index contributed by atoms with van der Waals surface area (Å²) in [5.41, 5.74) is 2.18. The maximum absolute atomic E-state index is 11.6. The molecule has 2 aliphatic rings. The number of nitrogens with one attached hydrogen (secondary N) is 1. The van der Waals surface area contributed by atoms with Crippen molar-refractivity contribution in [3.63, 3.8) is 0 Å². The molecule has 1 N–H and O–H groups in total. The predicted octanol–water partition coefficient (Wildman–Crippen LogP) is 1.53. The fourth-order valence-corrected chi connectivity index (χ4v) is 2.86. The molecule has 20 heavy (non-hydrogen) atoms. The highest BCUT2D eigenvalue weighted by Crippen LogP contribution is 2.20. The normalized spacial score (nSPS) is 24.5. The zero-order valence-electron chi connectivity index (χ0n) is 12.7. The second kappa shape index (κ2) is 7.72. The van der Waals surface area contributed by atoms with E-state index >= 15 is 0 Å². The zero-order chi connectivity index (χ0) is 14.4. The summed E-state index contributed by atoms with van der Waals surface area (Å²) in [5, 5.41) is 3.17. The number of allylic oxidation sites excluding steroid dienone is 4. The molecule has 1 atom stereocenters. The maximum Gasteiger partial charge on any atom is 0.162 e. The minimum atomic E-state index is 0.281. The number of carbonyl (C=O) groups is 1. The Kier molecular flexibility index (Phi) is 5.95. The largest absolute Gasteiger partial charge is 0.374 e. The molecule has 4 nitrogen and oxygen atoms in total. The summed E-state index contributed by atoms with van der Waals surface area (Å²) in [7, 11) is 1.96. The van der Waals surface area contributed by atoms with Gasteiger partial charge in [-0.3, -0.25) is 9.69 Å². The van der Waals surface area contributed by atoms with Crippen LogP contribution in [0.5, 0.6) is 0 Å². The Morgan fingerprint density at radius 3 is 3.15 bits per heavy atom. The minimum absolute atomic E-state index is 0.281. The first-order valence-corrected chi connectivity index (χ1v) is 7.58. The van der Waals surface area contributed by atoms with Crippen LogP contribution in [0.15, 0.2) is 23.3 Å². The number of ether oxygens (including phenoxy) is 1. The van der Waals surface area contributed by atoms with Gasteiger partial charge >= 0.3 is 0 Å². The molecule has 0 aromatic heterocycles. The van der Waals surface area contributed by atoms with Gasteiger partial charge < -0.3 is 10.1 Å². The molecular weight excluding hydrogens is 252 g/mol. The summed E-state index contributed by atoms with van der Waals surface area (Å²) in [6, 6.07) is 0. The Labute approximate surface area is 121 Å². The zero-order valence-corrected chi connectivity index (χ0v) is 12.7. The topological polar surface area (TPSA) is 41.6 Å². The van der Waals surface area contributed by atoms with Gasteiger partial charge in [-0.2, -0.15) is 0 Å². The van der Waals surface area contributed by atoms with Crippen LogP contribution in [0.2, 0.25) is 0 Å². The van der Waals surface area contributed by atoms with E-state index in [2.05, 4.69) is 16.3 Å². The van der Waals surface area contributed by atoms with Crippen LogP contribution in [0.1, 0.15) is 26.2 Å². The third-order valence-electron chi connectivity index (χ3n) is 4.10. The standard InChI is InChI=1S/C16H26N2O2/c1-13-14(5-3-7-16(13)19)6-4-8-18-9-10-20-15(12-18)11-17-2/h3,5,15,17H,4,6-12H2,1-2H3/t15-/m1/s1. The first-order chi connectivity index (χ1) is 9.70. The van der Waals surface area contributed by atoms with Gasteiger partial charge in [-0.1, -0.05) is 12.2 Å². The van der Waals surface area contributed by atoms with Crippen molar-refractivity contribution in [1.82, 2.24) is 10.2 Å². The molecule has 112 valence electrons. The molecule has 1 aliphatic carbocycles. The number of likely N-dealkylation sites (N-methyl/N-ethyl adjacent to an activating group) is 1. The van der Waals surface area contributed by atoms with Gasteiger partial charge in [-0.05, 0) is 44.5 Å². The van der Waals surface area contributed by atoms with Crippen LogP contribution in [-0.4, -0.2) is 56.6 Å². The highest BCUT2D eigenvalue weighted by atomic mass is 16.5. The molecule has 0 saturated carbocycles. The van der Waals surface area contributed by atoms with E-state index in [1.807, 2.05) is 20.0 Å². The van der Waals surface area contributed by atoms with Crippen molar-refractivity contribution in [3.05, 3.63) is 23.3 Å². The summed E-state index contributed by atoms with van der Waals surface area (Å²) in [5.74, 6) is 0.281. The van der Waals surface area contributed by atoms with E-state index in [0.29, 0.717) is 12.5 Å². The van der Waals surface area contributed by atoms with Crippen LogP contribution in [0.25, 0.3) is 0 Å². The highest BCUT2D eigenvalue weighted by molar-refractivity contribution is 5.98. The molecule has 1 heterocycles. The summed E-state index contributed by atoms with van der Waals surface area (Å²) in [6.07, 6.45) is 7.11. The maximum atomic E-state index is 11.6. The van der Waals surface area contributed by atoms with E-state index in [1.54, 1.807) is 0 Å². The lowest BCUT2D eigenvalue weighted by Gasteiger charge is -2.32. The smallest absolute Gasteiger partial charge is 0.162 e. The number of hydrogen-bond donors (Lipinski definition) is 1. The summed E-state index contributed by atoms with van der Waals surface area (Å²) in [4.78, 5) is 14.1. The molecule has 1 saturated heterocycles. The highest BCUT2D eigenvalue weighted by Gasteiger charge is 2.19. The van der Waals surface area contributed by atoms with Crippen molar-refractivity contribution >= 4 is 5.78 Å². The number of Topliss-reactive ketones (excluding diaryl/α,β-unsaturated/α-hetero) is 1. The lowest BCUT2D eigenvalue weighted by molar-refractivity contribution is -0.114. The van der Waals surface area contributed by atoms with Gasteiger partial charge in [0.25, 0.3) is 0 Å². The van der Waals surface area contributed by atoms with Gasteiger partial charge in [0.05, 0.1) is 12.7 Å². The van der Waals surface area contributed by atoms with E-state index in [9.17, 15) is 4.79 Å². The molecule has 1 fully saturated rings. The quantitative estimate of drug-likeness (QED) is 0.800. The van der Waals surface area contributed by atoms with Crippen molar-refractivity contribution in [2.45, 2.75) is 32.3 Å². The number of hydrogen-bond acceptors (Lipinski definition) is 4. The number of rotatable bonds is 6. The van der Waals surface area contributed by atoms with Crippen molar-refractivity contribution in [1.29, 1.82) is 0 Å². The Balaban J connectivity index is 1.74. The van der Waals surface area contributed by atoms with Gasteiger partial charge in [-0.15, -0.1) is 0 Å². The SMILES string of the molecule is CNC[C@@H]1CN(CCCC2=C(C)C(=O)CC=C2)CCO1. The molecule has 2 rings (SSSR count). The van der Waals surface area contributed by atoms with E-state index in [-0.39, 0.29) is 5.78 Å². The van der Waals surface area contributed by atoms with Gasteiger partial charge in [0.2, 0.25) is 0 Å². The van der Waals surface area contributed by atoms with Crippen LogP contribution < -0.4 is 5.32 Å². The first kappa shape index (κ1) is 15.4. The van der Waals surface area contributed by atoms with Crippen LogP contribution in [0.4, 0.5) is 0 Å². The molecule has 0 radical (unpaired) electrons. The van der Waals surface area contributed by atoms with Gasteiger partial charge in [0, 0.05) is 26.1 Å². The lowest BCUT2D eigenvalue weighted by Crippen LogP contribution is -2.46. The Bertz CT molecular complexity index is 399. The summed E-state index contributed by atoms with van der Waals surface area (Å²) >= 11 is 0. The minimum Gasteiger partial charge on any atom is -0.374 e. The Morgan fingerprint density at radius 1 is 1.50 bits per heavy atom. The predicted molar refractivity (Wildman–Crippen MR) is 80.8 cm³/mol. The summed E-state index contributed by atoms with van der Waals surface area (Å²) < 4.78 is 5.71. The molecule has 1 aliphatic heterocycles. The summed E-state index contributed by atoms with van der Waals surface area (Å²) in [6.45, 7) is 6.81. The van der Waals surface area contributed by atoms with E-state index < -0.39 is 0 Å². The first-order valence-electron chi connectivity index (χ1n) is 7.58. The number of ketones is 1. The molecular formula is C16H26N2O2. The number of carbonyl (C=O) groups excluding carboxylic acids is 1. The van der Waals surface area contributed by atoms with Gasteiger partial charge in [0.1, 0.15) is 0 Å². The van der Waals surface area contributed by atoms with Crippen molar-refractivity contribution in [2.24, 2.45) is 0 Å². The third-order valence-corrected chi connectivity index (χ3v) is 4.10. The third kappa shape index (κ3) is 4.27. The fourth-order valence-electron chi connectivity index (χ4n) is 2.86. The fraction of sp³-hybridized carbons (Fsp3) is 0.688. The van der Waals surface area contributed by atoms with Crippen LogP contribution >= 0.6 is 0 Å². The number of nitrogens with zero attached hydrogens (tertiary/aromatic N) is 1. The van der Waals surface area contributed by atoms with Gasteiger partial charge in [0.15, 0.2) is 5.78 Å². The van der Waals surface area contributed by atoms with Crippen LogP contribution in [0.3, 0.4) is 0 Å². The Hall–Kier alpha value is -0.970. The molecule has 0 unspecified atom stereocenters. The molecule has 0 bridgehead atoms. The molecule has 0 aromatic carbocycles. The Morgan fingerprint density at radius 2 is 2.35 bits per heavy atom. The van der Waals surface area contributed by atoms with Gasteiger partial charge in [-0.25, -0.2) is 0 Å². The lowest BCUT2D eigenvalue weighted by atomic mass is 9.94. The number of morpholine rings is 1. The van der Waals surface area contributed by atoms with Crippen molar-refractivity contribution in [2.75, 3.05) is 39.8 Å². The van der Waals surface area contributed by atoms with Crippen LogP contribution in [0, 0.1) is 0 Å².